The molecule has 1 aromatic carbocycles. The molecule has 1 saturated carbocycles. The molecule has 0 N–H and O–H groups in total. The Kier molecular flexibility index (Phi) is 5.58. The molecule has 4 aromatic rings. The maximum atomic E-state index is 15.1. The molecule has 2 aliphatic rings. The molecule has 1 saturated heterocycles. The van der Waals surface area contributed by atoms with Crippen LogP contribution in [0.4, 0.5) is 4.39 Å². The number of fused-ring (bicyclic) bond motifs is 1. The predicted octanol–water partition coefficient (Wildman–Crippen LogP) is 4.90. The lowest BCUT2D eigenvalue weighted by atomic mass is 9.90. The van der Waals surface area contributed by atoms with Gasteiger partial charge in [0.2, 0.25) is 0 Å². The first-order valence-electron chi connectivity index (χ1n) is 11.9. The minimum absolute atomic E-state index is 0.00763. The number of hydrogen-bond donors (Lipinski definition) is 0. The van der Waals surface area contributed by atoms with Crippen LogP contribution in [-0.2, 0) is 4.74 Å². The summed E-state index contributed by atoms with van der Waals surface area (Å²) in [5.74, 6) is -0.649. The fourth-order valence-electron chi connectivity index (χ4n) is 4.76. The zero-order valence-corrected chi connectivity index (χ0v) is 20.2. The molecule has 0 bridgehead atoms. The van der Waals surface area contributed by atoms with Gasteiger partial charge in [0.05, 0.1) is 41.4 Å². The summed E-state index contributed by atoms with van der Waals surface area (Å²) in [6.45, 7) is 2.15. The van der Waals surface area contributed by atoms with Gasteiger partial charge in [-0.2, -0.15) is 10.4 Å². The first-order valence-corrected chi connectivity index (χ1v) is 12.3. The Balaban J connectivity index is 1.45. The molecule has 8 nitrogen and oxygen atoms in total. The predicted molar refractivity (Wildman–Crippen MR) is 130 cm³/mol. The Morgan fingerprint density at radius 2 is 2.06 bits per heavy atom. The Bertz CT molecular complexity index is 1600. The number of benzene rings is 1. The molecule has 10 heteroatoms. The Hall–Kier alpha value is -3.61. The van der Waals surface area contributed by atoms with Gasteiger partial charge < -0.3 is 4.74 Å². The standard InChI is InChI=1S/C26H22ClFN6O2/c1-14-23(27)26(35)33-13-21(32-24(25(33)31-14)19-5-2-15(10-29)8-20(19)28)16-6-7-36-22(9-16)17-11-30-34(12-17)18-3-4-18/h2,5,8,11-13,16,18,22H,3-4,6-7,9H2,1H3/t16-,22+/m0/s1. The fraction of sp³-hybridized carbons (Fsp3) is 0.346. The number of hydrogen-bond acceptors (Lipinski definition) is 6. The molecule has 0 amide bonds. The lowest BCUT2D eigenvalue weighted by Gasteiger charge is -2.29. The van der Waals surface area contributed by atoms with E-state index in [1.165, 1.54) is 16.5 Å². The Labute approximate surface area is 210 Å². The molecular weight excluding hydrogens is 483 g/mol. The highest BCUT2D eigenvalue weighted by Gasteiger charge is 2.30. The summed E-state index contributed by atoms with van der Waals surface area (Å²) < 4.78 is 24.5. The summed E-state index contributed by atoms with van der Waals surface area (Å²) in [5.41, 5.74) is 2.35. The first kappa shape index (κ1) is 22.8. The highest BCUT2D eigenvalue weighted by molar-refractivity contribution is 6.31. The van der Waals surface area contributed by atoms with Gasteiger partial charge in [-0.15, -0.1) is 0 Å². The van der Waals surface area contributed by atoms with Crippen LogP contribution in [0.2, 0.25) is 5.02 Å². The van der Waals surface area contributed by atoms with Crippen LogP contribution >= 0.6 is 11.6 Å². The van der Waals surface area contributed by atoms with E-state index in [-0.39, 0.29) is 39.5 Å². The van der Waals surface area contributed by atoms with Crippen molar-refractivity contribution in [1.82, 2.24) is 24.1 Å². The van der Waals surface area contributed by atoms with E-state index < -0.39 is 11.4 Å². The van der Waals surface area contributed by atoms with Gasteiger partial charge in [0.25, 0.3) is 5.56 Å². The summed E-state index contributed by atoms with van der Waals surface area (Å²) >= 11 is 6.24. The van der Waals surface area contributed by atoms with E-state index in [1.807, 2.05) is 23.1 Å². The van der Waals surface area contributed by atoms with Crippen LogP contribution in [0.3, 0.4) is 0 Å². The average Bonchev–Trinajstić information content (AvgIpc) is 3.63. The van der Waals surface area contributed by atoms with Crippen LogP contribution in [0.5, 0.6) is 0 Å². The normalized spacial score (nSPS) is 19.9. The summed E-state index contributed by atoms with van der Waals surface area (Å²) in [5, 5.41) is 13.6. The third-order valence-electron chi connectivity index (χ3n) is 6.91. The lowest BCUT2D eigenvalue weighted by molar-refractivity contribution is 0.00454. The molecule has 0 spiro atoms. The van der Waals surface area contributed by atoms with Crippen LogP contribution in [0, 0.1) is 24.1 Å². The second-order valence-electron chi connectivity index (χ2n) is 9.40. The molecule has 4 heterocycles. The van der Waals surface area contributed by atoms with E-state index in [1.54, 1.807) is 13.1 Å². The monoisotopic (exact) mass is 504 g/mol. The van der Waals surface area contributed by atoms with Crippen molar-refractivity contribution in [3.8, 4) is 17.3 Å². The number of ether oxygens (including phenoxy) is 1. The Morgan fingerprint density at radius 1 is 1.22 bits per heavy atom. The third kappa shape index (κ3) is 3.96. The molecule has 36 heavy (non-hydrogen) atoms. The molecule has 0 radical (unpaired) electrons. The number of aryl methyl sites for hydroxylation is 1. The largest absolute Gasteiger partial charge is 0.373 e. The summed E-state index contributed by atoms with van der Waals surface area (Å²) in [7, 11) is 0. The molecule has 2 atom stereocenters. The molecule has 3 aromatic heterocycles. The van der Waals surface area contributed by atoms with Crippen molar-refractivity contribution >= 4 is 17.2 Å². The average molecular weight is 505 g/mol. The number of rotatable bonds is 4. The zero-order valence-electron chi connectivity index (χ0n) is 19.5. The van der Waals surface area contributed by atoms with E-state index >= 15 is 4.39 Å². The summed E-state index contributed by atoms with van der Waals surface area (Å²) in [4.78, 5) is 22.4. The van der Waals surface area contributed by atoms with Gasteiger partial charge in [-0.3, -0.25) is 13.9 Å². The second kappa shape index (κ2) is 8.80. The topological polar surface area (TPSA) is 98.1 Å². The minimum Gasteiger partial charge on any atom is -0.373 e. The van der Waals surface area contributed by atoms with E-state index in [0.29, 0.717) is 36.9 Å². The minimum atomic E-state index is -0.611. The van der Waals surface area contributed by atoms with Crippen LogP contribution in [0.15, 0.2) is 41.6 Å². The van der Waals surface area contributed by atoms with Gasteiger partial charge in [0.15, 0.2) is 5.65 Å². The second-order valence-corrected chi connectivity index (χ2v) is 9.77. The van der Waals surface area contributed by atoms with Crippen LogP contribution < -0.4 is 5.56 Å². The van der Waals surface area contributed by atoms with Crippen LogP contribution in [-0.4, -0.2) is 30.8 Å². The van der Waals surface area contributed by atoms with Crippen molar-refractivity contribution in [1.29, 1.82) is 5.26 Å². The van der Waals surface area contributed by atoms with Crippen LogP contribution in [0.25, 0.3) is 16.9 Å². The third-order valence-corrected chi connectivity index (χ3v) is 7.35. The molecule has 0 unspecified atom stereocenters. The van der Waals surface area contributed by atoms with E-state index in [0.717, 1.165) is 24.5 Å². The molecular formula is C26H22ClFN6O2. The van der Waals surface area contributed by atoms with Gasteiger partial charge in [-0.25, -0.2) is 14.4 Å². The van der Waals surface area contributed by atoms with E-state index in [9.17, 15) is 4.79 Å². The smallest absolute Gasteiger partial charge is 0.277 e. The fourth-order valence-corrected chi connectivity index (χ4v) is 4.89. The molecule has 182 valence electrons. The van der Waals surface area contributed by atoms with Crippen molar-refractivity contribution in [2.24, 2.45) is 0 Å². The highest BCUT2D eigenvalue weighted by atomic mass is 35.5. The number of nitrogens with zero attached hydrogens (tertiary/aromatic N) is 6. The zero-order chi connectivity index (χ0) is 25.0. The van der Waals surface area contributed by atoms with Crippen LogP contribution in [0.1, 0.15) is 66.3 Å². The summed E-state index contributed by atoms with van der Waals surface area (Å²) in [6.07, 6.45) is 9.04. The van der Waals surface area contributed by atoms with Gasteiger partial charge in [-0.05, 0) is 50.8 Å². The molecule has 6 rings (SSSR count). The SMILES string of the molecule is Cc1nc2c(-c3ccc(C#N)cc3F)nc([C@H]3CCO[C@@H](c4cnn(C5CC5)c4)C3)cn2c(=O)c1Cl. The van der Waals surface area contributed by atoms with Crippen molar-refractivity contribution < 1.29 is 9.13 Å². The van der Waals surface area contributed by atoms with Gasteiger partial charge in [0, 0.05) is 36.0 Å². The first-order chi connectivity index (χ1) is 17.4. The Morgan fingerprint density at radius 3 is 2.81 bits per heavy atom. The number of aromatic nitrogens is 5. The number of halogens is 2. The van der Waals surface area contributed by atoms with Gasteiger partial charge in [-0.1, -0.05) is 11.6 Å². The van der Waals surface area contributed by atoms with E-state index in [4.69, 9.17) is 26.6 Å². The van der Waals surface area contributed by atoms with Crippen molar-refractivity contribution in [3.05, 3.63) is 80.5 Å². The van der Waals surface area contributed by atoms with Crippen molar-refractivity contribution in [2.75, 3.05) is 6.61 Å². The number of nitriles is 1. The lowest BCUT2D eigenvalue weighted by Crippen LogP contribution is -2.23. The maximum absolute atomic E-state index is 15.1. The van der Waals surface area contributed by atoms with Crippen molar-refractivity contribution in [3.63, 3.8) is 0 Å². The quantitative estimate of drug-likeness (QED) is 0.392. The highest BCUT2D eigenvalue weighted by Crippen LogP contribution is 2.40. The van der Waals surface area contributed by atoms with E-state index in [2.05, 4.69) is 10.1 Å². The summed E-state index contributed by atoms with van der Waals surface area (Å²) in [6, 6.07) is 6.59. The molecule has 1 aliphatic heterocycles. The maximum Gasteiger partial charge on any atom is 0.277 e. The van der Waals surface area contributed by atoms with Crippen molar-refractivity contribution in [2.45, 2.75) is 50.7 Å². The molecule has 2 fully saturated rings. The molecule has 1 aliphatic carbocycles. The van der Waals surface area contributed by atoms with Gasteiger partial charge >= 0.3 is 0 Å². The van der Waals surface area contributed by atoms with Gasteiger partial charge in [0.1, 0.15) is 16.5 Å².